The molecule has 3 N–H and O–H groups in total. The van der Waals surface area contributed by atoms with Crippen molar-refractivity contribution in [3.63, 3.8) is 0 Å². The molecule has 2 rings (SSSR count). The largest absolute Gasteiger partial charge is 0.392 e. The first-order chi connectivity index (χ1) is 12.3. The molecule has 0 amide bonds. The van der Waals surface area contributed by atoms with E-state index in [1.54, 1.807) is 0 Å². The third-order valence-electron chi connectivity index (χ3n) is 6.05. The second-order valence-electron chi connectivity index (χ2n) is 9.55. The van der Waals surface area contributed by atoms with Crippen LogP contribution < -0.4 is 10.6 Å². The first kappa shape index (κ1) is 21.5. The average molecular weight is 368 g/mol. The van der Waals surface area contributed by atoms with Crippen LogP contribution in [-0.2, 0) is 4.74 Å². The fourth-order valence-corrected chi connectivity index (χ4v) is 4.40. The molecule has 0 bridgehead atoms. The molecule has 1 heterocycles. The van der Waals surface area contributed by atoms with Crippen molar-refractivity contribution in [2.45, 2.75) is 85.4 Å². The van der Waals surface area contributed by atoms with E-state index < -0.39 is 0 Å². The zero-order valence-corrected chi connectivity index (χ0v) is 17.6. The molecule has 0 radical (unpaired) electrons. The maximum Gasteiger partial charge on any atom is 0.191 e. The first-order valence-electron chi connectivity index (χ1n) is 10.6. The van der Waals surface area contributed by atoms with E-state index in [2.05, 4.69) is 45.3 Å². The number of aliphatic imine (C=N–C) groups is 1. The summed E-state index contributed by atoms with van der Waals surface area (Å²) >= 11 is 0. The molecular weight excluding hydrogens is 326 g/mol. The average Bonchev–Trinajstić information content (AvgIpc) is 2.60. The summed E-state index contributed by atoms with van der Waals surface area (Å²) in [6, 6.07) is 0. The third kappa shape index (κ3) is 5.85. The van der Waals surface area contributed by atoms with Crippen molar-refractivity contribution >= 4 is 5.96 Å². The van der Waals surface area contributed by atoms with Gasteiger partial charge in [0, 0.05) is 31.0 Å². The standard InChI is InChI=1S/C21H41N3O2/c1-6-22-19(24-15-21(5)12-8-7-11-17(21)25)23-14-16-10-9-13-26-18(16)20(2,3)4/h16-18,25H,6-15H2,1-5H3,(H2,22,23,24). The topological polar surface area (TPSA) is 65.9 Å². The number of nitrogens with one attached hydrogen (secondary N) is 2. The van der Waals surface area contributed by atoms with Gasteiger partial charge in [-0.1, -0.05) is 40.5 Å². The minimum absolute atomic E-state index is 0.0947. The summed E-state index contributed by atoms with van der Waals surface area (Å²) in [6.45, 7) is 14.3. The Bertz CT molecular complexity index is 461. The number of guanidine groups is 1. The van der Waals surface area contributed by atoms with Gasteiger partial charge < -0.3 is 20.5 Å². The van der Waals surface area contributed by atoms with Gasteiger partial charge in [0.15, 0.2) is 5.96 Å². The molecule has 0 aromatic carbocycles. The summed E-state index contributed by atoms with van der Waals surface area (Å²) in [5.41, 5.74) is 0.0600. The van der Waals surface area contributed by atoms with Gasteiger partial charge in [-0.15, -0.1) is 0 Å². The predicted molar refractivity (Wildman–Crippen MR) is 108 cm³/mol. The van der Waals surface area contributed by atoms with Gasteiger partial charge in [-0.25, -0.2) is 0 Å². The molecule has 0 aromatic heterocycles. The van der Waals surface area contributed by atoms with E-state index >= 15 is 0 Å². The van der Waals surface area contributed by atoms with E-state index in [0.29, 0.717) is 12.5 Å². The molecule has 1 aliphatic heterocycles. The Labute approximate surface area is 160 Å². The molecule has 2 fully saturated rings. The van der Waals surface area contributed by atoms with Crippen LogP contribution >= 0.6 is 0 Å². The second-order valence-corrected chi connectivity index (χ2v) is 9.55. The summed E-state index contributed by atoms with van der Waals surface area (Å²) in [4.78, 5) is 4.82. The molecule has 0 aromatic rings. The van der Waals surface area contributed by atoms with Crippen LogP contribution in [0.25, 0.3) is 0 Å². The van der Waals surface area contributed by atoms with Crippen molar-refractivity contribution in [3.05, 3.63) is 0 Å². The third-order valence-corrected chi connectivity index (χ3v) is 6.05. The molecule has 1 saturated heterocycles. The van der Waals surface area contributed by atoms with Crippen molar-refractivity contribution in [1.29, 1.82) is 0 Å². The molecule has 4 atom stereocenters. The SMILES string of the molecule is CCNC(=NCC1(C)CCCCC1O)NCC1CCCOC1C(C)(C)C. The highest BCUT2D eigenvalue weighted by Gasteiger charge is 2.36. The molecule has 26 heavy (non-hydrogen) atoms. The number of aliphatic hydroxyl groups excluding tert-OH is 1. The van der Waals surface area contributed by atoms with Crippen molar-refractivity contribution in [2.24, 2.45) is 21.7 Å². The monoisotopic (exact) mass is 367 g/mol. The van der Waals surface area contributed by atoms with Gasteiger partial charge in [0.05, 0.1) is 18.8 Å². The van der Waals surface area contributed by atoms with Gasteiger partial charge >= 0.3 is 0 Å². The highest BCUT2D eigenvalue weighted by atomic mass is 16.5. The molecule has 2 aliphatic rings. The van der Waals surface area contributed by atoms with Crippen molar-refractivity contribution in [3.8, 4) is 0 Å². The Morgan fingerprint density at radius 1 is 1.19 bits per heavy atom. The predicted octanol–water partition coefficient (Wildman–Crippen LogP) is 3.32. The smallest absolute Gasteiger partial charge is 0.191 e. The molecule has 5 heteroatoms. The van der Waals surface area contributed by atoms with Crippen molar-refractivity contribution < 1.29 is 9.84 Å². The number of rotatable bonds is 5. The molecule has 152 valence electrons. The number of hydrogen-bond donors (Lipinski definition) is 3. The summed E-state index contributed by atoms with van der Waals surface area (Å²) < 4.78 is 6.10. The van der Waals surface area contributed by atoms with Crippen LogP contribution in [0.5, 0.6) is 0 Å². The maximum absolute atomic E-state index is 10.4. The summed E-state index contributed by atoms with van der Waals surface area (Å²) in [7, 11) is 0. The molecule has 5 nitrogen and oxygen atoms in total. The lowest BCUT2D eigenvalue weighted by molar-refractivity contribution is -0.0835. The minimum Gasteiger partial charge on any atom is -0.392 e. The highest BCUT2D eigenvalue weighted by molar-refractivity contribution is 5.79. The Balaban J connectivity index is 1.96. The zero-order valence-electron chi connectivity index (χ0n) is 17.6. The fourth-order valence-electron chi connectivity index (χ4n) is 4.40. The minimum atomic E-state index is -0.236. The number of nitrogens with zero attached hydrogens (tertiary/aromatic N) is 1. The Morgan fingerprint density at radius 3 is 2.62 bits per heavy atom. The van der Waals surface area contributed by atoms with E-state index in [9.17, 15) is 5.11 Å². The van der Waals surface area contributed by atoms with Crippen LogP contribution in [0.15, 0.2) is 4.99 Å². The molecule has 0 spiro atoms. The maximum atomic E-state index is 10.4. The number of ether oxygens (including phenoxy) is 1. The van der Waals surface area contributed by atoms with Crippen LogP contribution in [0.1, 0.15) is 73.1 Å². The van der Waals surface area contributed by atoms with Gasteiger partial charge in [0.1, 0.15) is 0 Å². The number of hydrogen-bond acceptors (Lipinski definition) is 3. The number of aliphatic hydroxyl groups is 1. The van der Waals surface area contributed by atoms with Gasteiger partial charge in [-0.2, -0.15) is 0 Å². The van der Waals surface area contributed by atoms with Crippen LogP contribution in [0.4, 0.5) is 0 Å². The van der Waals surface area contributed by atoms with E-state index in [4.69, 9.17) is 9.73 Å². The highest BCUT2D eigenvalue weighted by Crippen LogP contribution is 2.36. The summed E-state index contributed by atoms with van der Waals surface area (Å²) in [5.74, 6) is 1.37. The van der Waals surface area contributed by atoms with Crippen molar-refractivity contribution in [2.75, 3.05) is 26.2 Å². The summed E-state index contributed by atoms with van der Waals surface area (Å²) in [6.07, 6.45) is 6.67. The molecular formula is C21H41N3O2. The summed E-state index contributed by atoms with van der Waals surface area (Å²) in [5, 5.41) is 17.3. The van der Waals surface area contributed by atoms with Crippen LogP contribution in [-0.4, -0.2) is 49.5 Å². The van der Waals surface area contributed by atoms with Gasteiger partial charge in [-0.3, -0.25) is 4.99 Å². The van der Waals surface area contributed by atoms with Crippen LogP contribution in [0.2, 0.25) is 0 Å². The van der Waals surface area contributed by atoms with E-state index in [1.807, 2.05) is 0 Å². The Kier molecular flexibility index (Phi) is 7.77. The Hall–Kier alpha value is -0.810. The fraction of sp³-hybridized carbons (Fsp3) is 0.952. The molecule has 1 aliphatic carbocycles. The zero-order chi connectivity index (χ0) is 19.2. The van der Waals surface area contributed by atoms with E-state index in [1.165, 1.54) is 12.8 Å². The lowest BCUT2D eigenvalue weighted by Crippen LogP contribution is -2.48. The first-order valence-corrected chi connectivity index (χ1v) is 10.6. The van der Waals surface area contributed by atoms with E-state index in [-0.39, 0.29) is 23.0 Å². The lowest BCUT2D eigenvalue weighted by atomic mass is 9.73. The van der Waals surface area contributed by atoms with E-state index in [0.717, 1.165) is 51.3 Å². The van der Waals surface area contributed by atoms with Gasteiger partial charge in [0.25, 0.3) is 0 Å². The Morgan fingerprint density at radius 2 is 1.96 bits per heavy atom. The second kappa shape index (κ2) is 9.41. The molecule has 4 unspecified atom stereocenters. The van der Waals surface area contributed by atoms with Crippen LogP contribution in [0, 0.1) is 16.7 Å². The molecule has 1 saturated carbocycles. The van der Waals surface area contributed by atoms with Gasteiger partial charge in [0.2, 0.25) is 0 Å². The van der Waals surface area contributed by atoms with Crippen molar-refractivity contribution in [1.82, 2.24) is 10.6 Å². The quantitative estimate of drug-likeness (QED) is 0.515. The van der Waals surface area contributed by atoms with Crippen LogP contribution in [0.3, 0.4) is 0 Å². The normalized spacial score (nSPS) is 33.8. The lowest BCUT2D eigenvalue weighted by Gasteiger charge is -2.40. The van der Waals surface area contributed by atoms with Gasteiger partial charge in [-0.05, 0) is 38.0 Å².